The quantitative estimate of drug-likeness (QED) is 0.781. The van der Waals surface area contributed by atoms with Crippen LogP contribution in [-0.2, 0) is 11.3 Å². The summed E-state index contributed by atoms with van der Waals surface area (Å²) in [4.78, 5) is 11.9. The summed E-state index contributed by atoms with van der Waals surface area (Å²) in [6.07, 6.45) is 3.24. The van der Waals surface area contributed by atoms with E-state index in [9.17, 15) is 4.79 Å². The number of benzene rings is 2. The largest absolute Gasteiger partial charge is 0.493 e. The molecule has 1 amide bonds. The van der Waals surface area contributed by atoms with Gasteiger partial charge in [0.2, 0.25) is 5.91 Å². The summed E-state index contributed by atoms with van der Waals surface area (Å²) in [5.41, 5.74) is 1.91. The number of carbonyl (C=O) groups excluding carboxylic acids is 1. The highest BCUT2D eigenvalue weighted by Crippen LogP contribution is 2.27. The van der Waals surface area contributed by atoms with Gasteiger partial charge in [0.25, 0.3) is 0 Å². The van der Waals surface area contributed by atoms with Crippen molar-refractivity contribution >= 4 is 27.9 Å². The van der Waals surface area contributed by atoms with Crippen molar-refractivity contribution in [1.82, 2.24) is 5.32 Å². The number of methoxy groups -OCH3 is 2. The molecule has 0 spiro atoms. The summed E-state index contributed by atoms with van der Waals surface area (Å²) in [6, 6.07) is 13.3. The van der Waals surface area contributed by atoms with Crippen molar-refractivity contribution in [3.05, 3.63) is 64.1 Å². The van der Waals surface area contributed by atoms with Gasteiger partial charge in [-0.3, -0.25) is 4.79 Å². The van der Waals surface area contributed by atoms with Gasteiger partial charge < -0.3 is 14.8 Å². The van der Waals surface area contributed by atoms with Crippen LogP contribution in [0.5, 0.6) is 11.5 Å². The molecular weight excluding hydrogens is 358 g/mol. The van der Waals surface area contributed by atoms with E-state index in [0.717, 1.165) is 15.6 Å². The van der Waals surface area contributed by atoms with Crippen LogP contribution >= 0.6 is 15.9 Å². The number of hydrogen-bond acceptors (Lipinski definition) is 3. The molecule has 0 heterocycles. The highest BCUT2D eigenvalue weighted by atomic mass is 79.9. The minimum absolute atomic E-state index is 0.150. The van der Waals surface area contributed by atoms with E-state index in [0.29, 0.717) is 18.0 Å². The third-order valence-electron chi connectivity index (χ3n) is 3.21. The molecule has 0 aliphatic heterocycles. The van der Waals surface area contributed by atoms with E-state index in [-0.39, 0.29) is 5.91 Å². The minimum atomic E-state index is -0.150. The lowest BCUT2D eigenvalue weighted by Gasteiger charge is -2.07. The lowest BCUT2D eigenvalue weighted by molar-refractivity contribution is -0.116. The first-order valence-electron chi connectivity index (χ1n) is 7.05. The van der Waals surface area contributed by atoms with Crippen molar-refractivity contribution < 1.29 is 14.3 Å². The molecule has 0 aliphatic carbocycles. The van der Waals surface area contributed by atoms with Crippen molar-refractivity contribution in [1.29, 1.82) is 0 Å². The molecule has 23 heavy (non-hydrogen) atoms. The second-order valence-electron chi connectivity index (χ2n) is 4.79. The average molecular weight is 376 g/mol. The van der Waals surface area contributed by atoms with Gasteiger partial charge in [0.15, 0.2) is 11.5 Å². The van der Waals surface area contributed by atoms with Crippen molar-refractivity contribution in [2.45, 2.75) is 6.54 Å². The second-order valence-corrected chi connectivity index (χ2v) is 5.71. The molecule has 0 aromatic heterocycles. The normalized spacial score (nSPS) is 10.6. The maximum Gasteiger partial charge on any atom is 0.244 e. The van der Waals surface area contributed by atoms with Gasteiger partial charge in [-0.25, -0.2) is 0 Å². The summed E-state index contributed by atoms with van der Waals surface area (Å²) in [6.45, 7) is 0.488. The van der Waals surface area contributed by atoms with Gasteiger partial charge >= 0.3 is 0 Å². The summed E-state index contributed by atoms with van der Waals surface area (Å²) in [5.74, 6) is 1.14. The third-order valence-corrected chi connectivity index (χ3v) is 3.74. The smallest absolute Gasteiger partial charge is 0.244 e. The summed E-state index contributed by atoms with van der Waals surface area (Å²) in [5, 5.41) is 2.84. The monoisotopic (exact) mass is 375 g/mol. The maximum atomic E-state index is 11.9. The first kappa shape index (κ1) is 17.1. The Labute approximate surface area is 144 Å². The van der Waals surface area contributed by atoms with E-state index < -0.39 is 0 Å². The highest BCUT2D eigenvalue weighted by Gasteiger charge is 2.03. The Morgan fingerprint density at radius 3 is 2.43 bits per heavy atom. The fourth-order valence-corrected chi connectivity index (χ4v) is 2.24. The third kappa shape index (κ3) is 5.14. The predicted molar refractivity (Wildman–Crippen MR) is 94.6 cm³/mol. The van der Waals surface area contributed by atoms with Crippen molar-refractivity contribution in [2.75, 3.05) is 14.2 Å². The first-order chi connectivity index (χ1) is 11.1. The Balaban J connectivity index is 1.94. The van der Waals surface area contributed by atoms with Crippen LogP contribution in [0.4, 0.5) is 0 Å². The molecule has 0 saturated carbocycles. The molecule has 2 aromatic carbocycles. The van der Waals surface area contributed by atoms with Crippen LogP contribution in [-0.4, -0.2) is 20.1 Å². The zero-order chi connectivity index (χ0) is 16.7. The number of halogens is 1. The number of rotatable bonds is 6. The molecule has 0 bridgehead atoms. The summed E-state index contributed by atoms with van der Waals surface area (Å²) >= 11 is 3.38. The number of nitrogens with one attached hydrogen (secondary N) is 1. The number of amides is 1. The lowest BCUT2D eigenvalue weighted by atomic mass is 10.2. The number of hydrogen-bond donors (Lipinski definition) is 1. The molecular formula is C18H18BrNO3. The van der Waals surface area contributed by atoms with E-state index in [1.807, 2.05) is 36.4 Å². The van der Waals surface area contributed by atoms with E-state index >= 15 is 0 Å². The zero-order valence-electron chi connectivity index (χ0n) is 13.0. The van der Waals surface area contributed by atoms with Gasteiger partial charge in [0, 0.05) is 17.1 Å². The van der Waals surface area contributed by atoms with Crippen LogP contribution in [0.2, 0.25) is 0 Å². The van der Waals surface area contributed by atoms with Crippen LogP contribution in [0, 0.1) is 0 Å². The van der Waals surface area contributed by atoms with Gasteiger partial charge in [-0.05, 0) is 41.5 Å². The molecule has 2 aromatic rings. The first-order valence-corrected chi connectivity index (χ1v) is 7.84. The second kappa shape index (κ2) is 8.39. The molecule has 0 unspecified atom stereocenters. The molecule has 0 saturated heterocycles. The Hall–Kier alpha value is -2.27. The molecule has 0 atom stereocenters. The van der Waals surface area contributed by atoms with Gasteiger partial charge in [-0.15, -0.1) is 0 Å². The Morgan fingerprint density at radius 2 is 1.78 bits per heavy atom. The zero-order valence-corrected chi connectivity index (χ0v) is 14.6. The SMILES string of the molecule is COc1ccc(/C=C/C(=O)NCc2ccc(Br)cc2)cc1OC. The molecule has 5 heteroatoms. The fraction of sp³-hybridized carbons (Fsp3) is 0.167. The Bertz CT molecular complexity index is 696. The van der Waals surface area contributed by atoms with Crippen molar-refractivity contribution in [3.63, 3.8) is 0 Å². The maximum absolute atomic E-state index is 11.9. The van der Waals surface area contributed by atoms with Gasteiger partial charge in [0.1, 0.15) is 0 Å². The molecule has 1 N–H and O–H groups in total. The Morgan fingerprint density at radius 1 is 1.09 bits per heavy atom. The van der Waals surface area contributed by atoms with Gasteiger partial charge in [0.05, 0.1) is 14.2 Å². The molecule has 120 valence electrons. The summed E-state index contributed by atoms with van der Waals surface area (Å²) in [7, 11) is 3.17. The van der Waals surface area contributed by atoms with Crippen LogP contribution in [0.25, 0.3) is 6.08 Å². The van der Waals surface area contributed by atoms with E-state index in [4.69, 9.17) is 9.47 Å². The molecule has 2 rings (SSSR count). The van der Waals surface area contributed by atoms with Crippen molar-refractivity contribution in [3.8, 4) is 11.5 Å². The topological polar surface area (TPSA) is 47.6 Å². The molecule has 0 fully saturated rings. The molecule has 4 nitrogen and oxygen atoms in total. The molecule has 0 aliphatic rings. The minimum Gasteiger partial charge on any atom is -0.493 e. The van der Waals surface area contributed by atoms with Crippen LogP contribution < -0.4 is 14.8 Å². The number of carbonyl (C=O) groups is 1. The summed E-state index contributed by atoms with van der Waals surface area (Å²) < 4.78 is 11.4. The Kier molecular flexibility index (Phi) is 6.23. The number of ether oxygens (including phenoxy) is 2. The molecule has 0 radical (unpaired) electrons. The van der Waals surface area contributed by atoms with Crippen LogP contribution in [0.1, 0.15) is 11.1 Å². The fourth-order valence-electron chi connectivity index (χ4n) is 1.98. The van der Waals surface area contributed by atoms with E-state index in [1.54, 1.807) is 26.4 Å². The average Bonchev–Trinajstić information content (AvgIpc) is 2.59. The lowest BCUT2D eigenvalue weighted by Crippen LogP contribution is -2.20. The van der Waals surface area contributed by atoms with Gasteiger partial charge in [-0.1, -0.05) is 34.1 Å². The van der Waals surface area contributed by atoms with E-state index in [2.05, 4.69) is 21.2 Å². The highest BCUT2D eigenvalue weighted by molar-refractivity contribution is 9.10. The standard InChI is InChI=1S/C18H18BrNO3/c1-22-16-9-5-13(11-17(16)23-2)6-10-18(21)20-12-14-3-7-15(19)8-4-14/h3-11H,12H2,1-2H3,(H,20,21)/b10-6+. The van der Waals surface area contributed by atoms with E-state index in [1.165, 1.54) is 6.08 Å². The van der Waals surface area contributed by atoms with Crippen LogP contribution in [0.3, 0.4) is 0 Å². The predicted octanol–water partition coefficient (Wildman–Crippen LogP) is 3.80. The van der Waals surface area contributed by atoms with Crippen molar-refractivity contribution in [2.24, 2.45) is 0 Å². The van der Waals surface area contributed by atoms with Gasteiger partial charge in [-0.2, -0.15) is 0 Å². The van der Waals surface area contributed by atoms with Crippen LogP contribution in [0.15, 0.2) is 53.0 Å².